The van der Waals surface area contributed by atoms with Gasteiger partial charge in [0.15, 0.2) is 0 Å². The van der Waals surface area contributed by atoms with E-state index in [1.54, 1.807) is 13.8 Å². The van der Waals surface area contributed by atoms with E-state index in [2.05, 4.69) is 0 Å². The molecule has 0 bridgehead atoms. The highest BCUT2D eigenvalue weighted by Crippen LogP contribution is 2.28. The van der Waals surface area contributed by atoms with Gasteiger partial charge in [-0.2, -0.15) is 8.42 Å². The van der Waals surface area contributed by atoms with E-state index in [9.17, 15) is 8.42 Å². The van der Waals surface area contributed by atoms with Gasteiger partial charge in [0.2, 0.25) is 0 Å². The molecule has 0 aliphatic carbocycles. The first-order chi connectivity index (χ1) is 6.68. The predicted octanol–water partition coefficient (Wildman–Crippen LogP) is 2.64. The highest BCUT2D eigenvalue weighted by atomic mass is 32.2. The summed E-state index contributed by atoms with van der Waals surface area (Å²) >= 11 is 0. The molecule has 4 nitrogen and oxygen atoms in total. The summed E-state index contributed by atoms with van der Waals surface area (Å²) in [5, 5.41) is 0. The number of hydrogen-bond donors (Lipinski definition) is 2. The first-order valence-electron chi connectivity index (χ1n) is 4.72. The minimum absolute atomic E-state index is 0. The topological polar surface area (TPSA) is 89.4 Å². The fraction of sp³-hybridized carbons (Fsp3) is 0.455. The Kier molecular flexibility index (Phi) is 4.27. The van der Waals surface area contributed by atoms with Crippen molar-refractivity contribution < 1.29 is 13.0 Å². The molecule has 0 saturated carbocycles. The highest BCUT2D eigenvalue weighted by Gasteiger charge is 2.20. The average molecular weight is 245 g/mol. The van der Waals surface area contributed by atoms with Gasteiger partial charge in [-0.05, 0) is 62.4 Å². The van der Waals surface area contributed by atoms with Gasteiger partial charge in [0, 0.05) is 0 Å². The smallest absolute Gasteiger partial charge is 0.295 e. The van der Waals surface area contributed by atoms with Gasteiger partial charge < -0.3 is 6.15 Å². The van der Waals surface area contributed by atoms with Gasteiger partial charge in [-0.25, -0.2) is 0 Å². The summed E-state index contributed by atoms with van der Waals surface area (Å²) in [6.45, 7) is 9.13. The Balaban J connectivity index is 0.00000225. The van der Waals surface area contributed by atoms with Crippen LogP contribution in [-0.2, 0) is 10.1 Å². The van der Waals surface area contributed by atoms with Gasteiger partial charge in [0.1, 0.15) is 4.90 Å². The second-order valence-electron chi connectivity index (χ2n) is 3.93. The van der Waals surface area contributed by atoms with Crippen molar-refractivity contribution in [3.8, 4) is 0 Å². The minimum Gasteiger partial charge on any atom is -0.344 e. The molecule has 1 aromatic carbocycles. The van der Waals surface area contributed by atoms with E-state index in [1.807, 2.05) is 20.8 Å². The summed E-state index contributed by atoms with van der Waals surface area (Å²) < 4.78 is 31.7. The average Bonchev–Trinajstić information content (AvgIpc) is 2.09. The Bertz CT molecular complexity index is 490. The van der Waals surface area contributed by atoms with Gasteiger partial charge in [-0.15, -0.1) is 0 Å². The Hall–Kier alpha value is -0.910. The van der Waals surface area contributed by atoms with Crippen LogP contribution in [0.15, 0.2) is 4.90 Å². The molecule has 0 atom stereocenters. The van der Waals surface area contributed by atoms with E-state index in [1.165, 1.54) is 0 Å². The summed E-state index contributed by atoms with van der Waals surface area (Å²) in [5.41, 5.74) is 4.20. The summed E-state index contributed by atoms with van der Waals surface area (Å²) in [4.78, 5) is 0.0584. The van der Waals surface area contributed by atoms with Crippen molar-refractivity contribution in [2.75, 3.05) is 0 Å². The fourth-order valence-electron chi connectivity index (χ4n) is 1.85. The van der Waals surface area contributed by atoms with Crippen LogP contribution in [-0.4, -0.2) is 13.0 Å². The first-order valence-corrected chi connectivity index (χ1v) is 6.16. The zero-order valence-corrected chi connectivity index (χ0v) is 11.2. The monoisotopic (exact) mass is 245 g/mol. The van der Waals surface area contributed by atoms with Crippen LogP contribution in [0, 0.1) is 34.6 Å². The Labute approximate surface area is 97.0 Å². The normalized spacial score (nSPS) is 11.1. The van der Waals surface area contributed by atoms with Gasteiger partial charge in [-0.3, -0.25) is 4.55 Å². The fourth-order valence-corrected chi connectivity index (χ4v) is 2.93. The lowest BCUT2D eigenvalue weighted by Gasteiger charge is -2.16. The maximum atomic E-state index is 11.2. The van der Waals surface area contributed by atoms with Crippen molar-refractivity contribution in [1.82, 2.24) is 6.15 Å². The number of benzene rings is 1. The summed E-state index contributed by atoms with van der Waals surface area (Å²) in [5.74, 6) is 0. The van der Waals surface area contributed by atoms with Crippen LogP contribution < -0.4 is 6.15 Å². The summed E-state index contributed by atoms with van der Waals surface area (Å²) in [6, 6.07) is 0. The summed E-state index contributed by atoms with van der Waals surface area (Å²) in [6.07, 6.45) is 0. The van der Waals surface area contributed by atoms with Crippen molar-refractivity contribution in [3.05, 3.63) is 27.8 Å². The molecule has 5 heteroatoms. The minimum atomic E-state index is -4.13. The van der Waals surface area contributed by atoms with E-state index in [4.69, 9.17) is 4.55 Å². The molecule has 0 unspecified atom stereocenters. The van der Waals surface area contributed by atoms with Crippen molar-refractivity contribution >= 4 is 10.1 Å². The lowest BCUT2D eigenvalue weighted by atomic mass is 9.95. The third kappa shape index (κ3) is 2.26. The first kappa shape index (κ1) is 15.1. The molecule has 0 aromatic heterocycles. The SMILES string of the molecule is Cc1c(C)c(C)c(S(=O)(=O)O)c(C)c1C.N. The lowest BCUT2D eigenvalue weighted by Crippen LogP contribution is -2.08. The zero-order chi connectivity index (χ0) is 12.0. The van der Waals surface area contributed by atoms with Crippen LogP contribution in [0.1, 0.15) is 27.8 Å². The predicted molar refractivity (Wildman–Crippen MR) is 65.0 cm³/mol. The van der Waals surface area contributed by atoms with E-state index in [-0.39, 0.29) is 11.0 Å². The molecule has 0 saturated heterocycles. The maximum Gasteiger partial charge on any atom is 0.295 e. The highest BCUT2D eigenvalue weighted by molar-refractivity contribution is 7.86. The molecule has 0 radical (unpaired) electrons. The Morgan fingerprint density at radius 1 is 0.750 bits per heavy atom. The Morgan fingerprint density at radius 3 is 1.25 bits per heavy atom. The molecule has 0 heterocycles. The molecule has 0 aliphatic rings. The van der Waals surface area contributed by atoms with Gasteiger partial charge in [-0.1, -0.05) is 0 Å². The standard InChI is InChI=1S/C11H16O3S.H3N/c1-6-7(2)9(4)11(15(12,13)14)10(5)8(6)3;/h1-5H3,(H,12,13,14);1H3. The van der Waals surface area contributed by atoms with Gasteiger partial charge >= 0.3 is 0 Å². The molecular weight excluding hydrogens is 226 g/mol. The van der Waals surface area contributed by atoms with E-state index in [0.717, 1.165) is 16.7 Å². The Morgan fingerprint density at radius 2 is 1.00 bits per heavy atom. The molecule has 4 N–H and O–H groups in total. The van der Waals surface area contributed by atoms with E-state index < -0.39 is 10.1 Å². The van der Waals surface area contributed by atoms with Crippen molar-refractivity contribution in [1.29, 1.82) is 0 Å². The molecular formula is C11H19NO3S. The third-order valence-electron chi connectivity index (χ3n) is 3.19. The number of rotatable bonds is 1. The molecule has 0 aliphatic heterocycles. The van der Waals surface area contributed by atoms with Crippen LogP contribution >= 0.6 is 0 Å². The van der Waals surface area contributed by atoms with Gasteiger partial charge in [0.25, 0.3) is 10.1 Å². The molecule has 92 valence electrons. The van der Waals surface area contributed by atoms with Crippen LogP contribution in [0.4, 0.5) is 0 Å². The molecule has 0 spiro atoms. The van der Waals surface area contributed by atoms with Crippen molar-refractivity contribution in [2.45, 2.75) is 39.5 Å². The largest absolute Gasteiger partial charge is 0.344 e. The van der Waals surface area contributed by atoms with Crippen LogP contribution in [0.2, 0.25) is 0 Å². The van der Waals surface area contributed by atoms with Crippen LogP contribution in [0.3, 0.4) is 0 Å². The third-order valence-corrected chi connectivity index (χ3v) is 4.32. The quantitative estimate of drug-likeness (QED) is 0.744. The molecule has 0 fully saturated rings. The number of hydrogen-bond acceptors (Lipinski definition) is 3. The van der Waals surface area contributed by atoms with Crippen LogP contribution in [0.25, 0.3) is 0 Å². The van der Waals surface area contributed by atoms with Crippen molar-refractivity contribution in [2.24, 2.45) is 0 Å². The molecule has 0 amide bonds. The molecule has 1 aromatic rings. The van der Waals surface area contributed by atoms with E-state index >= 15 is 0 Å². The van der Waals surface area contributed by atoms with Gasteiger partial charge in [0.05, 0.1) is 0 Å². The van der Waals surface area contributed by atoms with Crippen molar-refractivity contribution in [3.63, 3.8) is 0 Å². The molecule has 16 heavy (non-hydrogen) atoms. The zero-order valence-electron chi connectivity index (χ0n) is 10.4. The van der Waals surface area contributed by atoms with Crippen LogP contribution in [0.5, 0.6) is 0 Å². The second-order valence-corrected chi connectivity index (χ2v) is 5.29. The second kappa shape index (κ2) is 4.53. The summed E-state index contributed by atoms with van der Waals surface area (Å²) in [7, 11) is -4.13. The maximum absolute atomic E-state index is 11.2. The molecule has 1 rings (SSSR count). The lowest BCUT2D eigenvalue weighted by molar-refractivity contribution is 0.481. The van der Waals surface area contributed by atoms with E-state index in [0.29, 0.717) is 11.1 Å².